The van der Waals surface area contributed by atoms with Crippen molar-refractivity contribution in [3.8, 4) is 17.6 Å². The molecule has 0 bridgehead atoms. The number of aliphatic hydroxyl groups excluding tert-OH is 1. The smallest absolute Gasteiger partial charge is 0.247 e. The van der Waals surface area contributed by atoms with Gasteiger partial charge in [0, 0.05) is 31.1 Å². The average Bonchev–Trinajstić information content (AvgIpc) is 2.94. The average molecular weight is 565 g/mol. The van der Waals surface area contributed by atoms with E-state index in [4.69, 9.17) is 4.74 Å². The van der Waals surface area contributed by atoms with Gasteiger partial charge in [0.05, 0.1) is 25.1 Å². The topological polar surface area (TPSA) is 87.2 Å². The molecule has 1 aliphatic heterocycles. The third-order valence-electron chi connectivity index (χ3n) is 6.96. The van der Waals surface area contributed by atoms with Crippen molar-refractivity contribution in [1.29, 1.82) is 0 Å². The predicted molar refractivity (Wildman–Crippen MR) is 151 cm³/mol. The van der Waals surface area contributed by atoms with Gasteiger partial charge in [-0.2, -0.15) is 4.31 Å². The van der Waals surface area contributed by atoms with Gasteiger partial charge in [-0.25, -0.2) is 12.8 Å². The van der Waals surface area contributed by atoms with E-state index in [1.807, 2.05) is 37.3 Å². The fraction of sp³-hybridized carbons (Fsp3) is 0.323. The standard InChI is InChI=1S/C31H33FN2O5S/c1-22-19-34(23(2)21-35)40(37,38)30-16-14-25(13-15-26-11-7-8-12-27(26)32)17-28(30)39-29(22)20-33(3)31(36)18-24-9-5-4-6-10-24/h4-12,14,16-17,22-23,29,35H,18-21H2,1-3H3/t22-,23+,29-/m1/s1. The first-order valence-corrected chi connectivity index (χ1v) is 14.5. The molecule has 9 heteroatoms. The van der Waals surface area contributed by atoms with Crippen LogP contribution >= 0.6 is 0 Å². The molecule has 1 amide bonds. The molecule has 0 unspecified atom stereocenters. The van der Waals surface area contributed by atoms with Gasteiger partial charge in [-0.15, -0.1) is 0 Å². The minimum Gasteiger partial charge on any atom is -0.487 e. The first kappa shape index (κ1) is 29.3. The molecule has 7 nitrogen and oxygen atoms in total. The van der Waals surface area contributed by atoms with E-state index in [0.29, 0.717) is 5.56 Å². The SMILES string of the molecule is C[C@@H]1CN([C@@H](C)CO)S(=O)(=O)c2ccc(C#Cc3ccccc3F)cc2O[C@@H]1CN(C)C(=O)Cc1ccccc1. The highest BCUT2D eigenvalue weighted by atomic mass is 32.2. The molecule has 4 rings (SSSR count). The van der Waals surface area contributed by atoms with Crippen molar-refractivity contribution in [2.45, 2.75) is 37.3 Å². The number of carbonyl (C=O) groups is 1. The van der Waals surface area contributed by atoms with Crippen LogP contribution in [0.25, 0.3) is 0 Å². The van der Waals surface area contributed by atoms with Crippen LogP contribution in [0.4, 0.5) is 4.39 Å². The van der Waals surface area contributed by atoms with Gasteiger partial charge in [0.15, 0.2) is 0 Å². The molecular formula is C31H33FN2O5S. The van der Waals surface area contributed by atoms with Crippen molar-refractivity contribution in [2.24, 2.45) is 5.92 Å². The lowest BCUT2D eigenvalue weighted by Crippen LogP contribution is -2.50. The van der Waals surface area contributed by atoms with Crippen LogP contribution in [-0.4, -0.2) is 67.5 Å². The van der Waals surface area contributed by atoms with Crippen molar-refractivity contribution >= 4 is 15.9 Å². The van der Waals surface area contributed by atoms with E-state index in [2.05, 4.69) is 11.8 Å². The molecule has 0 saturated carbocycles. The lowest BCUT2D eigenvalue weighted by atomic mass is 10.0. The summed E-state index contributed by atoms with van der Waals surface area (Å²) in [7, 11) is -2.33. The summed E-state index contributed by atoms with van der Waals surface area (Å²) in [6.45, 7) is 3.47. The lowest BCUT2D eigenvalue weighted by molar-refractivity contribution is -0.130. The molecule has 0 aliphatic carbocycles. The zero-order valence-electron chi connectivity index (χ0n) is 22.7. The maximum atomic E-state index is 14.1. The number of carbonyl (C=O) groups excluding carboxylic acids is 1. The highest BCUT2D eigenvalue weighted by Gasteiger charge is 2.38. The summed E-state index contributed by atoms with van der Waals surface area (Å²) in [5.74, 6) is 4.90. The molecule has 1 N–H and O–H groups in total. The summed E-state index contributed by atoms with van der Waals surface area (Å²) in [5.41, 5.74) is 1.55. The third kappa shape index (κ3) is 6.70. The van der Waals surface area contributed by atoms with Crippen LogP contribution < -0.4 is 4.74 Å². The molecule has 0 saturated heterocycles. The van der Waals surface area contributed by atoms with E-state index < -0.39 is 28.0 Å². The number of sulfonamides is 1. The minimum atomic E-state index is -4.03. The number of amides is 1. The van der Waals surface area contributed by atoms with Crippen molar-refractivity contribution in [2.75, 3.05) is 26.7 Å². The first-order chi connectivity index (χ1) is 19.1. The molecule has 210 valence electrons. The van der Waals surface area contributed by atoms with Crippen LogP contribution in [0.3, 0.4) is 0 Å². The van der Waals surface area contributed by atoms with Crippen molar-refractivity contribution in [1.82, 2.24) is 9.21 Å². The maximum Gasteiger partial charge on any atom is 0.247 e. The third-order valence-corrected chi connectivity index (χ3v) is 8.98. The molecule has 3 aromatic carbocycles. The molecule has 3 atom stereocenters. The molecule has 1 aliphatic rings. The normalized spacial score (nSPS) is 19.1. The Balaban J connectivity index is 1.68. The van der Waals surface area contributed by atoms with E-state index in [0.717, 1.165) is 5.56 Å². The Kier molecular flexibility index (Phi) is 9.25. The summed E-state index contributed by atoms with van der Waals surface area (Å²) in [6, 6.07) is 19.4. The number of rotatable bonds is 6. The molecule has 1 heterocycles. The summed E-state index contributed by atoms with van der Waals surface area (Å²) >= 11 is 0. The van der Waals surface area contributed by atoms with Crippen molar-refractivity contribution < 1.29 is 27.4 Å². The van der Waals surface area contributed by atoms with Crippen LogP contribution in [-0.2, 0) is 21.2 Å². The molecule has 0 aromatic heterocycles. The van der Waals surface area contributed by atoms with Gasteiger partial charge in [0.1, 0.15) is 22.6 Å². The number of likely N-dealkylation sites (N-methyl/N-ethyl adjacent to an activating group) is 1. The van der Waals surface area contributed by atoms with Crippen LogP contribution in [0, 0.1) is 23.6 Å². The Morgan fingerprint density at radius 3 is 2.52 bits per heavy atom. The number of ether oxygens (including phenoxy) is 1. The molecule has 0 fully saturated rings. The van der Waals surface area contributed by atoms with Crippen LogP contribution in [0.5, 0.6) is 5.75 Å². The number of fused-ring (bicyclic) bond motifs is 1. The van der Waals surface area contributed by atoms with Crippen molar-refractivity contribution in [3.05, 3.63) is 95.3 Å². The van der Waals surface area contributed by atoms with E-state index >= 15 is 0 Å². The van der Waals surface area contributed by atoms with E-state index in [1.54, 1.807) is 43.1 Å². The summed E-state index contributed by atoms with van der Waals surface area (Å²) in [4.78, 5) is 14.5. The summed E-state index contributed by atoms with van der Waals surface area (Å²) < 4.78 is 49.0. The van der Waals surface area contributed by atoms with Gasteiger partial charge >= 0.3 is 0 Å². The van der Waals surface area contributed by atoms with E-state index in [9.17, 15) is 22.7 Å². The van der Waals surface area contributed by atoms with E-state index in [-0.39, 0.29) is 54.2 Å². The predicted octanol–water partition coefficient (Wildman–Crippen LogP) is 3.70. The van der Waals surface area contributed by atoms with Gasteiger partial charge in [0.2, 0.25) is 15.9 Å². The minimum absolute atomic E-state index is 0.0561. The largest absolute Gasteiger partial charge is 0.487 e. The molecular weight excluding hydrogens is 531 g/mol. The molecule has 40 heavy (non-hydrogen) atoms. The number of benzene rings is 3. The Labute approximate surface area is 235 Å². The van der Waals surface area contributed by atoms with Gasteiger partial charge < -0.3 is 14.7 Å². The quantitative estimate of drug-likeness (QED) is 0.462. The molecule has 0 radical (unpaired) electrons. The van der Waals surface area contributed by atoms with Gasteiger partial charge in [0.25, 0.3) is 0 Å². The van der Waals surface area contributed by atoms with Crippen LogP contribution in [0.15, 0.2) is 77.7 Å². The van der Waals surface area contributed by atoms with E-state index in [1.165, 1.54) is 22.5 Å². The summed E-state index contributed by atoms with van der Waals surface area (Å²) in [5, 5.41) is 9.85. The second-order valence-corrected chi connectivity index (χ2v) is 11.9. The first-order valence-electron chi connectivity index (χ1n) is 13.1. The lowest BCUT2D eigenvalue weighted by Gasteiger charge is -2.37. The van der Waals surface area contributed by atoms with Crippen molar-refractivity contribution in [3.63, 3.8) is 0 Å². The number of aliphatic hydroxyl groups is 1. The maximum absolute atomic E-state index is 14.1. The zero-order chi connectivity index (χ0) is 28.9. The second-order valence-electron chi connectivity index (χ2n) is 10.1. The number of hydrogen-bond acceptors (Lipinski definition) is 5. The van der Waals surface area contributed by atoms with Gasteiger partial charge in [-0.3, -0.25) is 4.79 Å². The highest BCUT2D eigenvalue weighted by Crippen LogP contribution is 2.34. The zero-order valence-corrected chi connectivity index (χ0v) is 23.6. The Hall–Kier alpha value is -3.71. The van der Waals surface area contributed by atoms with Crippen LogP contribution in [0.2, 0.25) is 0 Å². The van der Waals surface area contributed by atoms with Crippen LogP contribution in [0.1, 0.15) is 30.5 Å². The fourth-order valence-corrected chi connectivity index (χ4v) is 6.33. The Morgan fingerprint density at radius 1 is 1.12 bits per heavy atom. The number of halogens is 1. The number of nitrogens with zero attached hydrogens (tertiary/aromatic N) is 2. The highest BCUT2D eigenvalue weighted by molar-refractivity contribution is 7.89. The Bertz CT molecular complexity index is 1520. The monoisotopic (exact) mass is 564 g/mol. The molecule has 3 aromatic rings. The fourth-order valence-electron chi connectivity index (χ4n) is 4.50. The van der Waals surface area contributed by atoms with Gasteiger partial charge in [-0.1, -0.05) is 61.2 Å². The summed E-state index contributed by atoms with van der Waals surface area (Å²) in [6.07, 6.45) is -0.325. The Morgan fingerprint density at radius 2 is 1.82 bits per heavy atom. The molecule has 0 spiro atoms. The second kappa shape index (κ2) is 12.6. The van der Waals surface area contributed by atoms with Gasteiger partial charge in [-0.05, 0) is 42.8 Å². The number of hydrogen-bond donors (Lipinski definition) is 1.